The van der Waals surface area contributed by atoms with Crippen LogP contribution in [-0.2, 0) is 12.3 Å². The van der Waals surface area contributed by atoms with Crippen LogP contribution in [0.3, 0.4) is 0 Å². The number of nitrogens with zero attached hydrogens (tertiary/aromatic N) is 4. The quantitative estimate of drug-likeness (QED) is 0.600. The van der Waals surface area contributed by atoms with E-state index in [0.29, 0.717) is 5.92 Å². The highest BCUT2D eigenvalue weighted by Gasteiger charge is 2.14. The molecule has 0 aliphatic carbocycles. The molecule has 0 unspecified atom stereocenters. The van der Waals surface area contributed by atoms with E-state index in [9.17, 15) is 0 Å². The number of aromatic nitrogens is 4. The van der Waals surface area contributed by atoms with Gasteiger partial charge < -0.3 is 4.57 Å². The zero-order chi connectivity index (χ0) is 16.2. The van der Waals surface area contributed by atoms with Crippen LogP contribution in [0, 0.1) is 0 Å². The second kappa shape index (κ2) is 7.27. The zero-order valence-corrected chi connectivity index (χ0v) is 15.2. The van der Waals surface area contributed by atoms with E-state index in [1.54, 1.807) is 23.1 Å². The van der Waals surface area contributed by atoms with Gasteiger partial charge in [-0.05, 0) is 6.92 Å². The van der Waals surface area contributed by atoms with Crippen molar-refractivity contribution in [2.24, 2.45) is 0 Å². The summed E-state index contributed by atoms with van der Waals surface area (Å²) in [5.74, 6) is 2.26. The lowest BCUT2D eigenvalue weighted by Gasteiger charge is -2.08. The standard InChI is InChI=1S/C17H20N4S2/c1-4-21-15(12(2)3)19-20-17(21)23-11-14-10-22-16(18-14)13-8-6-5-7-9-13/h5-10,12H,4,11H2,1-3H3. The Labute approximate surface area is 145 Å². The Morgan fingerprint density at radius 2 is 1.96 bits per heavy atom. The fourth-order valence-electron chi connectivity index (χ4n) is 2.36. The van der Waals surface area contributed by atoms with Gasteiger partial charge in [-0.1, -0.05) is 55.9 Å². The number of hydrogen-bond acceptors (Lipinski definition) is 5. The highest BCUT2D eigenvalue weighted by atomic mass is 32.2. The van der Waals surface area contributed by atoms with E-state index in [1.165, 1.54) is 5.56 Å². The molecular formula is C17H20N4S2. The Morgan fingerprint density at radius 3 is 2.65 bits per heavy atom. The van der Waals surface area contributed by atoms with Crippen LogP contribution < -0.4 is 0 Å². The van der Waals surface area contributed by atoms with Crippen LogP contribution in [0.1, 0.15) is 38.2 Å². The average Bonchev–Trinajstić information content (AvgIpc) is 3.20. The molecule has 0 atom stereocenters. The monoisotopic (exact) mass is 344 g/mol. The van der Waals surface area contributed by atoms with Gasteiger partial charge >= 0.3 is 0 Å². The van der Waals surface area contributed by atoms with Crippen molar-refractivity contribution in [3.05, 3.63) is 47.2 Å². The van der Waals surface area contributed by atoms with Gasteiger partial charge in [-0.3, -0.25) is 0 Å². The van der Waals surface area contributed by atoms with Crippen molar-refractivity contribution in [1.29, 1.82) is 0 Å². The van der Waals surface area contributed by atoms with Crippen molar-refractivity contribution in [1.82, 2.24) is 19.7 Å². The van der Waals surface area contributed by atoms with Gasteiger partial charge in [0.15, 0.2) is 5.16 Å². The van der Waals surface area contributed by atoms with Gasteiger partial charge in [0.1, 0.15) is 10.8 Å². The van der Waals surface area contributed by atoms with E-state index in [4.69, 9.17) is 4.98 Å². The molecule has 0 aliphatic heterocycles. The molecule has 2 heterocycles. The van der Waals surface area contributed by atoms with Crippen LogP contribution in [0.25, 0.3) is 10.6 Å². The Morgan fingerprint density at radius 1 is 1.17 bits per heavy atom. The van der Waals surface area contributed by atoms with Gasteiger partial charge in [0.2, 0.25) is 0 Å². The topological polar surface area (TPSA) is 43.6 Å². The van der Waals surface area contributed by atoms with Gasteiger partial charge in [0, 0.05) is 29.2 Å². The second-order valence-corrected chi connectivity index (χ2v) is 7.34. The Kier molecular flexibility index (Phi) is 5.13. The third-order valence-corrected chi connectivity index (χ3v) is 5.44. The first kappa shape index (κ1) is 16.2. The second-order valence-electron chi connectivity index (χ2n) is 5.54. The van der Waals surface area contributed by atoms with Crippen molar-refractivity contribution in [3.8, 4) is 10.6 Å². The minimum atomic E-state index is 0.390. The van der Waals surface area contributed by atoms with Crippen LogP contribution in [0.2, 0.25) is 0 Å². The number of thiazole rings is 1. The molecule has 23 heavy (non-hydrogen) atoms. The Bertz CT molecular complexity index is 762. The molecule has 3 aromatic rings. The van der Waals surface area contributed by atoms with Gasteiger partial charge in [0.05, 0.1) is 5.69 Å². The van der Waals surface area contributed by atoms with Crippen LogP contribution in [0.15, 0.2) is 40.9 Å². The van der Waals surface area contributed by atoms with Gasteiger partial charge in [-0.25, -0.2) is 4.98 Å². The van der Waals surface area contributed by atoms with Crippen molar-refractivity contribution in [3.63, 3.8) is 0 Å². The first-order valence-electron chi connectivity index (χ1n) is 7.74. The molecule has 4 nitrogen and oxygen atoms in total. The summed E-state index contributed by atoms with van der Waals surface area (Å²) < 4.78 is 2.19. The zero-order valence-electron chi connectivity index (χ0n) is 13.6. The first-order valence-corrected chi connectivity index (χ1v) is 9.61. The van der Waals surface area contributed by atoms with E-state index >= 15 is 0 Å². The van der Waals surface area contributed by atoms with Crippen LogP contribution >= 0.6 is 23.1 Å². The highest BCUT2D eigenvalue weighted by Crippen LogP contribution is 2.28. The number of hydrogen-bond donors (Lipinski definition) is 0. The molecule has 0 bridgehead atoms. The summed E-state index contributed by atoms with van der Waals surface area (Å²) >= 11 is 3.40. The molecule has 0 N–H and O–H groups in total. The molecule has 0 spiro atoms. The molecular weight excluding hydrogens is 324 g/mol. The molecule has 0 radical (unpaired) electrons. The normalized spacial score (nSPS) is 11.3. The van der Waals surface area contributed by atoms with Gasteiger partial charge in [-0.2, -0.15) is 0 Å². The fourth-order valence-corrected chi connectivity index (χ4v) is 4.19. The molecule has 0 aliphatic rings. The van der Waals surface area contributed by atoms with E-state index < -0.39 is 0 Å². The maximum Gasteiger partial charge on any atom is 0.191 e. The smallest absolute Gasteiger partial charge is 0.191 e. The molecule has 0 saturated heterocycles. The lowest BCUT2D eigenvalue weighted by atomic mass is 10.2. The predicted octanol–water partition coefficient (Wildman–Crippen LogP) is 4.84. The highest BCUT2D eigenvalue weighted by molar-refractivity contribution is 7.98. The maximum absolute atomic E-state index is 4.73. The maximum atomic E-state index is 4.73. The number of thioether (sulfide) groups is 1. The summed E-state index contributed by atoms with van der Waals surface area (Å²) in [6, 6.07) is 10.3. The minimum absolute atomic E-state index is 0.390. The summed E-state index contributed by atoms with van der Waals surface area (Å²) in [4.78, 5) is 4.73. The van der Waals surface area contributed by atoms with Crippen molar-refractivity contribution < 1.29 is 0 Å². The molecule has 0 fully saturated rings. The molecule has 120 valence electrons. The van der Waals surface area contributed by atoms with E-state index in [2.05, 4.69) is 53.0 Å². The Hall–Kier alpha value is -1.66. The van der Waals surface area contributed by atoms with Crippen molar-refractivity contribution >= 4 is 23.1 Å². The van der Waals surface area contributed by atoms with Crippen LogP contribution in [0.5, 0.6) is 0 Å². The predicted molar refractivity (Wildman–Crippen MR) is 96.9 cm³/mol. The fraction of sp³-hybridized carbons (Fsp3) is 0.353. The van der Waals surface area contributed by atoms with E-state index in [0.717, 1.165) is 34.0 Å². The summed E-state index contributed by atoms with van der Waals surface area (Å²) in [6.07, 6.45) is 0. The summed E-state index contributed by atoms with van der Waals surface area (Å²) in [7, 11) is 0. The van der Waals surface area contributed by atoms with Gasteiger partial charge in [0.25, 0.3) is 0 Å². The molecule has 2 aromatic heterocycles. The third-order valence-electron chi connectivity index (χ3n) is 3.50. The summed E-state index contributed by atoms with van der Waals surface area (Å²) in [6.45, 7) is 7.33. The van der Waals surface area contributed by atoms with E-state index in [1.807, 2.05) is 18.2 Å². The third kappa shape index (κ3) is 3.64. The Balaban J connectivity index is 1.71. The molecule has 3 rings (SSSR count). The van der Waals surface area contributed by atoms with Gasteiger partial charge in [-0.15, -0.1) is 21.5 Å². The van der Waals surface area contributed by atoms with E-state index in [-0.39, 0.29) is 0 Å². The number of benzene rings is 1. The molecule has 6 heteroatoms. The van der Waals surface area contributed by atoms with Crippen LogP contribution in [-0.4, -0.2) is 19.7 Å². The largest absolute Gasteiger partial charge is 0.306 e. The van der Waals surface area contributed by atoms with Crippen molar-refractivity contribution in [2.45, 2.75) is 44.1 Å². The lowest BCUT2D eigenvalue weighted by molar-refractivity contribution is 0.613. The summed E-state index contributed by atoms with van der Waals surface area (Å²) in [5, 5.41) is 12.8. The minimum Gasteiger partial charge on any atom is -0.306 e. The lowest BCUT2D eigenvalue weighted by Crippen LogP contribution is -2.04. The summed E-state index contributed by atoms with van der Waals surface area (Å²) in [5.41, 5.74) is 2.27. The SMILES string of the molecule is CCn1c(SCc2csc(-c3ccccc3)n2)nnc1C(C)C. The average molecular weight is 345 g/mol. The molecule has 0 amide bonds. The molecule has 1 aromatic carbocycles. The first-order chi connectivity index (χ1) is 11.2. The molecule has 0 saturated carbocycles. The number of rotatable bonds is 6. The van der Waals surface area contributed by atoms with Crippen LogP contribution in [0.4, 0.5) is 0 Å². The van der Waals surface area contributed by atoms with Crippen molar-refractivity contribution in [2.75, 3.05) is 0 Å².